The fourth-order valence-electron chi connectivity index (χ4n) is 4.38. The fourth-order valence-corrected chi connectivity index (χ4v) is 4.38. The second-order valence-corrected chi connectivity index (χ2v) is 6.87. The number of hydrogen-bond donors (Lipinski definition) is 2. The molecule has 2 aliphatic rings. The summed E-state index contributed by atoms with van der Waals surface area (Å²) in [6.07, 6.45) is 6.39. The van der Waals surface area contributed by atoms with Crippen LogP contribution in [0.25, 0.3) is 5.69 Å². The van der Waals surface area contributed by atoms with E-state index in [1.165, 1.54) is 4.57 Å². The summed E-state index contributed by atoms with van der Waals surface area (Å²) < 4.78 is 1.49. The number of benzene rings is 1. The number of aromatic amines is 1. The summed E-state index contributed by atoms with van der Waals surface area (Å²) in [5, 5.41) is 10.3. The number of amides is 1. The molecule has 2 saturated heterocycles. The van der Waals surface area contributed by atoms with Crippen LogP contribution < -0.4 is 5.69 Å². The SMILES string of the molecule is CC(O)C12CCC(CC1)N2C(=O)c1ccc(-n2cc[nH]c2=O)cc1. The van der Waals surface area contributed by atoms with Crippen molar-refractivity contribution in [3.63, 3.8) is 0 Å². The molecule has 2 bridgehead atoms. The number of nitrogens with zero attached hydrogens (tertiary/aromatic N) is 2. The number of aliphatic hydroxyl groups excluding tert-OH is 1. The van der Waals surface area contributed by atoms with E-state index < -0.39 is 11.6 Å². The highest BCUT2D eigenvalue weighted by atomic mass is 16.3. The predicted octanol–water partition coefficient (Wildman–Crippen LogP) is 1.68. The average molecular weight is 327 g/mol. The van der Waals surface area contributed by atoms with Crippen molar-refractivity contribution in [2.45, 2.75) is 50.3 Å². The summed E-state index contributed by atoms with van der Waals surface area (Å²) in [6, 6.07) is 7.29. The van der Waals surface area contributed by atoms with Crippen LogP contribution in [0, 0.1) is 0 Å². The summed E-state index contributed by atoms with van der Waals surface area (Å²) in [5.41, 5.74) is 0.700. The molecule has 2 N–H and O–H groups in total. The van der Waals surface area contributed by atoms with Crippen molar-refractivity contribution < 1.29 is 9.90 Å². The molecule has 126 valence electrons. The highest BCUT2D eigenvalue weighted by Gasteiger charge is 2.56. The highest BCUT2D eigenvalue weighted by molar-refractivity contribution is 5.95. The normalized spacial score (nSPS) is 26.8. The van der Waals surface area contributed by atoms with E-state index in [0.29, 0.717) is 11.3 Å². The molecule has 1 unspecified atom stereocenters. The first-order chi connectivity index (χ1) is 11.5. The summed E-state index contributed by atoms with van der Waals surface area (Å²) >= 11 is 0. The molecular formula is C18H21N3O3. The highest BCUT2D eigenvalue weighted by Crippen LogP contribution is 2.49. The summed E-state index contributed by atoms with van der Waals surface area (Å²) in [5.74, 6) is -0.0242. The van der Waals surface area contributed by atoms with E-state index in [1.807, 2.05) is 4.90 Å². The van der Waals surface area contributed by atoms with Crippen LogP contribution in [0.1, 0.15) is 43.0 Å². The monoisotopic (exact) mass is 327 g/mol. The van der Waals surface area contributed by atoms with Crippen molar-refractivity contribution in [2.24, 2.45) is 0 Å². The van der Waals surface area contributed by atoms with Gasteiger partial charge in [0.2, 0.25) is 0 Å². The maximum Gasteiger partial charge on any atom is 0.330 e. The number of hydrogen-bond acceptors (Lipinski definition) is 3. The number of rotatable bonds is 3. The number of imidazole rings is 1. The van der Waals surface area contributed by atoms with Crippen LogP contribution in [-0.4, -0.2) is 43.1 Å². The third-order valence-electron chi connectivity index (χ3n) is 5.70. The summed E-state index contributed by atoms with van der Waals surface area (Å²) in [7, 11) is 0. The molecule has 1 aromatic carbocycles. The number of H-pyrrole nitrogens is 1. The first kappa shape index (κ1) is 15.2. The van der Waals surface area contributed by atoms with Crippen LogP contribution in [0.4, 0.5) is 0 Å². The van der Waals surface area contributed by atoms with Crippen LogP contribution in [0.5, 0.6) is 0 Å². The van der Waals surface area contributed by atoms with E-state index >= 15 is 0 Å². The van der Waals surface area contributed by atoms with Crippen LogP contribution >= 0.6 is 0 Å². The van der Waals surface area contributed by atoms with Gasteiger partial charge in [-0.25, -0.2) is 4.79 Å². The van der Waals surface area contributed by atoms with Gasteiger partial charge in [0.15, 0.2) is 0 Å². The maximum atomic E-state index is 13.0. The topological polar surface area (TPSA) is 78.3 Å². The Morgan fingerprint density at radius 3 is 2.50 bits per heavy atom. The van der Waals surface area contributed by atoms with Crippen molar-refractivity contribution in [1.82, 2.24) is 14.5 Å². The fraction of sp³-hybridized carbons (Fsp3) is 0.444. The smallest absolute Gasteiger partial charge is 0.330 e. The number of carbonyl (C=O) groups excluding carboxylic acids is 1. The number of carbonyl (C=O) groups is 1. The third kappa shape index (κ3) is 2.06. The molecule has 6 heteroatoms. The standard InChI is InChI=1S/C18H21N3O3/c1-12(22)18-8-6-15(7-9-18)21(18)16(23)13-2-4-14(5-3-13)20-11-10-19-17(20)24/h2-5,10-12,15,22H,6-9H2,1H3,(H,19,24). The zero-order chi connectivity index (χ0) is 16.9. The van der Waals surface area contributed by atoms with Crippen molar-refractivity contribution in [1.29, 1.82) is 0 Å². The van der Waals surface area contributed by atoms with Crippen LogP contribution in [-0.2, 0) is 0 Å². The largest absolute Gasteiger partial charge is 0.391 e. The number of fused-ring (bicyclic) bond motifs is 2. The Bertz CT molecular complexity index is 811. The molecule has 2 fully saturated rings. The van der Waals surface area contributed by atoms with Crippen LogP contribution in [0.3, 0.4) is 0 Å². The van der Waals surface area contributed by atoms with Crippen molar-refractivity contribution >= 4 is 5.91 Å². The summed E-state index contributed by atoms with van der Waals surface area (Å²) in [4.78, 5) is 29.2. The van der Waals surface area contributed by atoms with E-state index in [9.17, 15) is 14.7 Å². The lowest BCUT2D eigenvalue weighted by Crippen LogP contribution is -2.52. The number of aromatic nitrogens is 2. The Hall–Kier alpha value is -2.34. The van der Waals surface area contributed by atoms with Crippen molar-refractivity contribution in [3.8, 4) is 5.69 Å². The van der Waals surface area contributed by atoms with Gasteiger partial charge in [-0.1, -0.05) is 0 Å². The molecule has 0 spiro atoms. The molecule has 3 heterocycles. The molecule has 1 atom stereocenters. The lowest BCUT2D eigenvalue weighted by molar-refractivity contribution is 0.0145. The Kier molecular flexibility index (Phi) is 3.38. The second kappa shape index (κ2) is 5.34. The van der Waals surface area contributed by atoms with Gasteiger partial charge in [-0.15, -0.1) is 0 Å². The Morgan fingerprint density at radius 1 is 1.29 bits per heavy atom. The molecule has 0 radical (unpaired) electrons. The predicted molar refractivity (Wildman–Crippen MR) is 89.2 cm³/mol. The number of nitrogens with one attached hydrogen (secondary N) is 1. The molecule has 0 aliphatic carbocycles. The van der Waals surface area contributed by atoms with Crippen molar-refractivity contribution in [2.75, 3.05) is 0 Å². The van der Waals surface area contributed by atoms with Gasteiger partial charge in [-0.3, -0.25) is 9.36 Å². The molecule has 1 aromatic heterocycles. The molecule has 6 nitrogen and oxygen atoms in total. The second-order valence-electron chi connectivity index (χ2n) is 6.87. The van der Waals surface area contributed by atoms with Gasteiger partial charge in [0.05, 0.1) is 17.3 Å². The minimum atomic E-state index is -0.522. The Morgan fingerprint density at radius 2 is 1.96 bits per heavy atom. The molecule has 24 heavy (non-hydrogen) atoms. The molecule has 1 amide bonds. The minimum Gasteiger partial charge on any atom is -0.391 e. The van der Waals surface area contributed by atoms with Gasteiger partial charge in [0, 0.05) is 24.0 Å². The lowest BCUT2D eigenvalue weighted by Gasteiger charge is -2.37. The van der Waals surface area contributed by atoms with Gasteiger partial charge >= 0.3 is 5.69 Å². The van der Waals surface area contributed by atoms with Crippen LogP contribution in [0.15, 0.2) is 41.5 Å². The Labute approximate surface area is 139 Å². The van der Waals surface area contributed by atoms with Gasteiger partial charge in [0.25, 0.3) is 5.91 Å². The molecule has 2 aliphatic heterocycles. The van der Waals surface area contributed by atoms with E-state index in [4.69, 9.17) is 0 Å². The summed E-state index contributed by atoms with van der Waals surface area (Å²) in [6.45, 7) is 1.79. The quantitative estimate of drug-likeness (QED) is 0.900. The third-order valence-corrected chi connectivity index (χ3v) is 5.70. The molecule has 2 aromatic rings. The number of aliphatic hydroxyl groups is 1. The zero-order valence-electron chi connectivity index (χ0n) is 13.6. The first-order valence-electron chi connectivity index (χ1n) is 8.41. The first-order valence-corrected chi connectivity index (χ1v) is 8.41. The maximum absolute atomic E-state index is 13.0. The van der Waals surface area contributed by atoms with Crippen molar-refractivity contribution in [3.05, 3.63) is 52.7 Å². The van der Waals surface area contributed by atoms with Gasteiger partial charge in [-0.2, -0.15) is 0 Å². The van der Waals surface area contributed by atoms with Gasteiger partial charge in [0.1, 0.15) is 0 Å². The van der Waals surface area contributed by atoms with Gasteiger partial charge in [-0.05, 0) is 56.9 Å². The van der Waals surface area contributed by atoms with Gasteiger partial charge < -0.3 is 15.0 Å². The van der Waals surface area contributed by atoms with E-state index in [1.54, 1.807) is 43.6 Å². The molecule has 0 saturated carbocycles. The van der Waals surface area contributed by atoms with E-state index in [2.05, 4.69) is 4.98 Å². The van der Waals surface area contributed by atoms with E-state index in [-0.39, 0.29) is 17.6 Å². The molecule has 4 rings (SSSR count). The van der Waals surface area contributed by atoms with E-state index in [0.717, 1.165) is 25.7 Å². The zero-order valence-corrected chi connectivity index (χ0v) is 13.6. The lowest BCUT2D eigenvalue weighted by atomic mass is 9.83. The Balaban J connectivity index is 1.64. The average Bonchev–Trinajstić information content (AvgIpc) is 3.28. The van der Waals surface area contributed by atoms with Crippen LogP contribution in [0.2, 0.25) is 0 Å². The minimum absolute atomic E-state index is 0.0242. The molecular weight excluding hydrogens is 306 g/mol.